The lowest BCUT2D eigenvalue weighted by molar-refractivity contribution is -0.113. The number of halogens is 2. The molecule has 4 aromatic rings. The SMILES string of the molecule is Cc1cc(NC(=O)CS(=O)(=O)c2cn(Cc3cc(Br)ccc3F)c3ccccc23)no1. The summed E-state index contributed by atoms with van der Waals surface area (Å²) in [6, 6.07) is 13.0. The number of hydrogen-bond donors (Lipinski definition) is 1. The van der Waals surface area contributed by atoms with Crippen molar-refractivity contribution in [3.05, 3.63) is 76.3 Å². The van der Waals surface area contributed by atoms with Gasteiger partial charge in [-0.2, -0.15) is 0 Å². The highest BCUT2D eigenvalue weighted by atomic mass is 79.9. The predicted octanol–water partition coefficient (Wildman–Crippen LogP) is 4.30. The molecule has 2 aromatic heterocycles. The third kappa shape index (κ3) is 4.54. The molecule has 0 saturated carbocycles. The monoisotopic (exact) mass is 505 g/mol. The number of nitrogens with one attached hydrogen (secondary N) is 1. The molecule has 7 nitrogen and oxygen atoms in total. The summed E-state index contributed by atoms with van der Waals surface area (Å²) in [6.45, 7) is 1.79. The molecule has 0 unspecified atom stereocenters. The normalized spacial score (nSPS) is 11.7. The maximum absolute atomic E-state index is 14.3. The van der Waals surface area contributed by atoms with Gasteiger partial charge in [0.05, 0.1) is 11.4 Å². The lowest BCUT2D eigenvalue weighted by atomic mass is 10.2. The summed E-state index contributed by atoms with van der Waals surface area (Å²) in [5, 5.41) is 6.50. The van der Waals surface area contributed by atoms with Gasteiger partial charge in [-0.15, -0.1) is 0 Å². The fourth-order valence-corrected chi connectivity index (χ4v) is 5.07. The zero-order valence-electron chi connectivity index (χ0n) is 16.3. The lowest BCUT2D eigenvalue weighted by Gasteiger charge is -2.07. The van der Waals surface area contributed by atoms with Gasteiger partial charge in [0.1, 0.15) is 17.3 Å². The number of carbonyl (C=O) groups is 1. The number of anilines is 1. The molecule has 31 heavy (non-hydrogen) atoms. The fraction of sp³-hybridized carbons (Fsp3) is 0.143. The minimum absolute atomic E-state index is 0.00462. The van der Waals surface area contributed by atoms with Gasteiger partial charge in [-0.05, 0) is 31.2 Å². The van der Waals surface area contributed by atoms with Crippen LogP contribution < -0.4 is 5.32 Å². The van der Waals surface area contributed by atoms with Crippen LogP contribution in [-0.2, 0) is 21.2 Å². The number of sulfone groups is 1. The Labute approximate surface area is 185 Å². The second-order valence-electron chi connectivity index (χ2n) is 7.00. The zero-order valence-corrected chi connectivity index (χ0v) is 18.7. The summed E-state index contributed by atoms with van der Waals surface area (Å²) >= 11 is 3.32. The summed E-state index contributed by atoms with van der Waals surface area (Å²) in [7, 11) is -3.98. The van der Waals surface area contributed by atoms with E-state index < -0.39 is 27.3 Å². The molecule has 10 heteroatoms. The summed E-state index contributed by atoms with van der Waals surface area (Å²) in [4.78, 5) is 12.3. The molecule has 160 valence electrons. The lowest BCUT2D eigenvalue weighted by Crippen LogP contribution is -2.23. The van der Waals surface area contributed by atoms with Crippen LogP contribution in [0.15, 0.2) is 68.6 Å². The molecule has 0 spiro atoms. The van der Waals surface area contributed by atoms with Crippen molar-refractivity contribution in [1.82, 2.24) is 9.72 Å². The number of aryl methyl sites for hydroxylation is 1. The molecule has 0 aliphatic carbocycles. The number of rotatable bonds is 6. The molecule has 2 heterocycles. The average molecular weight is 506 g/mol. The van der Waals surface area contributed by atoms with Crippen LogP contribution in [0, 0.1) is 12.7 Å². The molecule has 0 bridgehead atoms. The smallest absolute Gasteiger partial charge is 0.241 e. The van der Waals surface area contributed by atoms with Crippen molar-refractivity contribution in [2.24, 2.45) is 0 Å². The predicted molar refractivity (Wildman–Crippen MR) is 117 cm³/mol. The molecule has 0 saturated heterocycles. The van der Waals surface area contributed by atoms with Gasteiger partial charge in [0.2, 0.25) is 5.91 Å². The highest BCUT2D eigenvalue weighted by Gasteiger charge is 2.25. The molecule has 0 fully saturated rings. The molecule has 1 amide bonds. The van der Waals surface area contributed by atoms with Gasteiger partial charge in [-0.25, -0.2) is 12.8 Å². The van der Waals surface area contributed by atoms with Crippen molar-refractivity contribution >= 4 is 48.4 Å². The molecular formula is C21H17BrFN3O4S. The Balaban J connectivity index is 1.67. The highest BCUT2D eigenvalue weighted by molar-refractivity contribution is 9.10. The number of carbonyl (C=O) groups excluding carboxylic acids is 1. The van der Waals surface area contributed by atoms with E-state index in [4.69, 9.17) is 4.52 Å². The second-order valence-corrected chi connectivity index (χ2v) is 9.88. The molecule has 2 aromatic carbocycles. The van der Waals surface area contributed by atoms with Gasteiger partial charge >= 0.3 is 0 Å². The van der Waals surface area contributed by atoms with E-state index in [9.17, 15) is 17.6 Å². The number of benzene rings is 2. The van der Waals surface area contributed by atoms with E-state index in [1.54, 1.807) is 47.9 Å². The highest BCUT2D eigenvalue weighted by Crippen LogP contribution is 2.28. The Morgan fingerprint density at radius 1 is 1.23 bits per heavy atom. The number of nitrogens with zero attached hydrogens (tertiary/aromatic N) is 2. The Morgan fingerprint density at radius 2 is 2.00 bits per heavy atom. The number of aromatic nitrogens is 2. The van der Waals surface area contributed by atoms with Gasteiger partial charge in [-0.1, -0.05) is 39.3 Å². The third-order valence-corrected chi connectivity index (χ3v) is 6.78. The van der Waals surface area contributed by atoms with Crippen LogP contribution >= 0.6 is 15.9 Å². The Morgan fingerprint density at radius 3 is 2.74 bits per heavy atom. The van der Waals surface area contributed by atoms with Crippen molar-refractivity contribution in [2.75, 3.05) is 11.1 Å². The Hall–Kier alpha value is -2.98. The van der Waals surface area contributed by atoms with Crippen molar-refractivity contribution in [3.63, 3.8) is 0 Å². The van der Waals surface area contributed by atoms with Crippen molar-refractivity contribution in [2.45, 2.75) is 18.4 Å². The van der Waals surface area contributed by atoms with E-state index in [0.29, 0.717) is 26.7 Å². The molecule has 4 rings (SSSR count). The molecule has 0 aliphatic heterocycles. The first-order chi connectivity index (χ1) is 14.7. The average Bonchev–Trinajstić information content (AvgIpc) is 3.28. The maximum Gasteiger partial charge on any atom is 0.241 e. The van der Waals surface area contributed by atoms with Crippen LogP contribution in [0.2, 0.25) is 0 Å². The van der Waals surface area contributed by atoms with Gasteiger partial charge in [0.25, 0.3) is 0 Å². The van der Waals surface area contributed by atoms with E-state index in [2.05, 4.69) is 26.4 Å². The number of hydrogen-bond acceptors (Lipinski definition) is 5. The standard InChI is InChI=1S/C21H17BrFN3O4S/c1-13-8-20(25-30-13)24-21(27)12-31(28,29)19-11-26(18-5-3-2-4-16(18)19)10-14-9-15(22)6-7-17(14)23/h2-9,11H,10,12H2,1H3,(H,24,25,27). The van der Waals surface area contributed by atoms with Crippen LogP contribution in [0.5, 0.6) is 0 Å². The van der Waals surface area contributed by atoms with E-state index in [0.717, 1.165) is 0 Å². The summed E-state index contributed by atoms with van der Waals surface area (Å²) < 4.78 is 47.6. The summed E-state index contributed by atoms with van der Waals surface area (Å²) in [5.74, 6) is -1.26. The summed E-state index contributed by atoms with van der Waals surface area (Å²) in [6.07, 6.45) is 1.44. The first kappa shape index (κ1) is 21.3. The van der Waals surface area contributed by atoms with E-state index in [1.165, 1.54) is 18.3 Å². The number of para-hydroxylation sites is 1. The fourth-order valence-electron chi connectivity index (χ4n) is 3.29. The van der Waals surface area contributed by atoms with Crippen LogP contribution in [0.4, 0.5) is 10.2 Å². The number of fused-ring (bicyclic) bond motifs is 1. The molecule has 1 N–H and O–H groups in total. The summed E-state index contributed by atoms with van der Waals surface area (Å²) in [5.41, 5.74) is 1.02. The maximum atomic E-state index is 14.3. The minimum Gasteiger partial charge on any atom is -0.360 e. The van der Waals surface area contributed by atoms with Crippen LogP contribution in [0.25, 0.3) is 10.9 Å². The van der Waals surface area contributed by atoms with E-state index in [1.807, 2.05) is 0 Å². The van der Waals surface area contributed by atoms with Gasteiger partial charge in [-0.3, -0.25) is 4.79 Å². The van der Waals surface area contributed by atoms with Gasteiger partial charge < -0.3 is 14.4 Å². The van der Waals surface area contributed by atoms with Gasteiger partial charge in [0, 0.05) is 33.2 Å². The van der Waals surface area contributed by atoms with Crippen molar-refractivity contribution in [3.8, 4) is 0 Å². The van der Waals surface area contributed by atoms with Crippen LogP contribution in [0.3, 0.4) is 0 Å². The van der Waals surface area contributed by atoms with Crippen LogP contribution in [-0.4, -0.2) is 29.8 Å². The zero-order chi connectivity index (χ0) is 22.2. The quantitative estimate of drug-likeness (QED) is 0.421. The topological polar surface area (TPSA) is 94.2 Å². The Kier molecular flexibility index (Phi) is 5.67. The van der Waals surface area contributed by atoms with Crippen molar-refractivity contribution < 1.29 is 22.1 Å². The Bertz CT molecular complexity index is 1390. The van der Waals surface area contributed by atoms with Gasteiger partial charge in [0.15, 0.2) is 15.7 Å². The molecule has 0 atom stereocenters. The molecule has 0 aliphatic rings. The van der Waals surface area contributed by atoms with E-state index >= 15 is 0 Å². The first-order valence-electron chi connectivity index (χ1n) is 9.21. The largest absolute Gasteiger partial charge is 0.360 e. The van der Waals surface area contributed by atoms with Crippen molar-refractivity contribution in [1.29, 1.82) is 0 Å². The molecule has 0 radical (unpaired) electrons. The second kappa shape index (κ2) is 8.27. The molecular weight excluding hydrogens is 489 g/mol. The number of amides is 1. The van der Waals surface area contributed by atoms with Crippen LogP contribution in [0.1, 0.15) is 11.3 Å². The minimum atomic E-state index is -3.98. The first-order valence-corrected chi connectivity index (χ1v) is 11.7. The van der Waals surface area contributed by atoms with E-state index in [-0.39, 0.29) is 17.3 Å². The third-order valence-electron chi connectivity index (χ3n) is 4.65.